The molecule has 2 amide bonds. The molecule has 6 nitrogen and oxygen atoms in total. The Balaban J connectivity index is 1.27. The van der Waals surface area contributed by atoms with Crippen LogP contribution in [0.2, 0.25) is 0 Å². The fourth-order valence-corrected chi connectivity index (χ4v) is 4.48. The number of nitrogens with one attached hydrogen (secondary N) is 2. The minimum atomic E-state index is -0.579. The highest BCUT2D eigenvalue weighted by molar-refractivity contribution is 7.18. The third-order valence-electron chi connectivity index (χ3n) is 5.09. The number of hydrogen-bond acceptors (Lipinski definition) is 5. The van der Waals surface area contributed by atoms with Gasteiger partial charge in [-0.2, -0.15) is 0 Å². The van der Waals surface area contributed by atoms with Crippen LogP contribution in [0.1, 0.15) is 20.9 Å². The first-order chi connectivity index (χ1) is 15.0. The molecule has 5 rings (SSSR count). The van der Waals surface area contributed by atoms with E-state index in [0.29, 0.717) is 23.4 Å². The summed E-state index contributed by atoms with van der Waals surface area (Å²) in [6.45, 7) is 1.96. The molecule has 0 saturated heterocycles. The minimum Gasteiger partial charge on any atom is -0.480 e. The highest BCUT2D eigenvalue weighted by Crippen LogP contribution is 2.29. The zero-order valence-electron chi connectivity index (χ0n) is 16.7. The molecule has 2 heterocycles. The Hall–Kier alpha value is -3.71. The standard InChI is InChI=1S/C24H19N3O3S/c1-14-25-19-10-9-18(13-22(19)31-14)26-23(28)16-6-4-7-17(11-16)27-24(29)21-12-15-5-2-3-8-20(15)30-21/h2-11,13,21H,12H2,1H3,(H,26,28)(H,27,29). The molecule has 0 radical (unpaired) electrons. The highest BCUT2D eigenvalue weighted by atomic mass is 32.1. The van der Waals surface area contributed by atoms with Crippen molar-refractivity contribution in [3.63, 3.8) is 0 Å². The van der Waals surface area contributed by atoms with Gasteiger partial charge in [-0.05, 0) is 55.0 Å². The number of amides is 2. The molecule has 1 aliphatic heterocycles. The molecule has 1 aliphatic rings. The fourth-order valence-electron chi connectivity index (χ4n) is 3.61. The molecule has 0 saturated carbocycles. The van der Waals surface area contributed by atoms with E-state index in [1.807, 2.05) is 49.4 Å². The number of benzene rings is 3. The van der Waals surface area contributed by atoms with E-state index in [9.17, 15) is 9.59 Å². The second-order valence-corrected chi connectivity index (χ2v) is 8.59. The van der Waals surface area contributed by atoms with Crippen molar-refractivity contribution in [2.45, 2.75) is 19.4 Å². The number of fused-ring (bicyclic) bond motifs is 2. The van der Waals surface area contributed by atoms with Crippen molar-refractivity contribution in [1.82, 2.24) is 4.98 Å². The van der Waals surface area contributed by atoms with Crippen LogP contribution in [0.15, 0.2) is 66.7 Å². The van der Waals surface area contributed by atoms with E-state index in [-0.39, 0.29) is 11.8 Å². The maximum absolute atomic E-state index is 12.7. The first-order valence-corrected chi connectivity index (χ1v) is 10.7. The lowest BCUT2D eigenvalue weighted by molar-refractivity contribution is -0.122. The number of para-hydroxylation sites is 1. The molecule has 0 fully saturated rings. The number of carbonyl (C=O) groups is 2. The van der Waals surface area contributed by atoms with E-state index in [1.54, 1.807) is 35.6 Å². The Morgan fingerprint density at radius 1 is 1.00 bits per heavy atom. The van der Waals surface area contributed by atoms with Gasteiger partial charge in [0.05, 0.1) is 15.2 Å². The molecule has 1 aromatic heterocycles. The molecule has 0 aliphatic carbocycles. The maximum Gasteiger partial charge on any atom is 0.265 e. The second-order valence-electron chi connectivity index (χ2n) is 7.36. The Kier molecular flexibility index (Phi) is 4.88. The van der Waals surface area contributed by atoms with Crippen LogP contribution in [0.3, 0.4) is 0 Å². The van der Waals surface area contributed by atoms with Gasteiger partial charge in [0.25, 0.3) is 11.8 Å². The molecule has 3 aromatic carbocycles. The number of thiazole rings is 1. The first kappa shape index (κ1) is 19.3. The van der Waals surface area contributed by atoms with Crippen molar-refractivity contribution in [2.75, 3.05) is 10.6 Å². The average molecular weight is 430 g/mol. The van der Waals surface area contributed by atoms with Crippen LogP contribution < -0.4 is 15.4 Å². The summed E-state index contributed by atoms with van der Waals surface area (Å²) in [7, 11) is 0. The monoisotopic (exact) mass is 429 g/mol. The Bertz CT molecular complexity index is 1290. The van der Waals surface area contributed by atoms with Gasteiger partial charge >= 0.3 is 0 Å². The third-order valence-corrected chi connectivity index (χ3v) is 6.02. The number of ether oxygens (including phenoxy) is 1. The van der Waals surface area contributed by atoms with E-state index in [2.05, 4.69) is 15.6 Å². The molecule has 2 N–H and O–H groups in total. The van der Waals surface area contributed by atoms with Crippen LogP contribution in [0, 0.1) is 6.92 Å². The molecule has 1 atom stereocenters. The third kappa shape index (κ3) is 4.00. The SMILES string of the molecule is Cc1nc2ccc(NC(=O)c3cccc(NC(=O)C4Cc5ccccc5O4)c3)cc2s1. The van der Waals surface area contributed by atoms with Gasteiger partial charge in [-0.3, -0.25) is 9.59 Å². The Morgan fingerprint density at radius 2 is 1.84 bits per heavy atom. The topological polar surface area (TPSA) is 80.3 Å². The molecule has 1 unspecified atom stereocenters. The van der Waals surface area contributed by atoms with Crippen LogP contribution in [-0.4, -0.2) is 22.9 Å². The highest BCUT2D eigenvalue weighted by Gasteiger charge is 2.28. The predicted molar refractivity (Wildman–Crippen MR) is 122 cm³/mol. The molecule has 31 heavy (non-hydrogen) atoms. The summed E-state index contributed by atoms with van der Waals surface area (Å²) in [4.78, 5) is 29.8. The zero-order chi connectivity index (χ0) is 21.4. The molecular weight excluding hydrogens is 410 g/mol. The van der Waals surface area contributed by atoms with Crippen molar-refractivity contribution in [1.29, 1.82) is 0 Å². The van der Waals surface area contributed by atoms with Gasteiger partial charge in [-0.1, -0.05) is 24.3 Å². The van der Waals surface area contributed by atoms with Crippen molar-refractivity contribution >= 4 is 44.7 Å². The normalized spacial score (nSPS) is 14.7. The second kappa shape index (κ2) is 7.85. The van der Waals surface area contributed by atoms with Crippen LogP contribution in [0.4, 0.5) is 11.4 Å². The average Bonchev–Trinajstić information content (AvgIpc) is 3.36. The quantitative estimate of drug-likeness (QED) is 0.488. The number of aromatic nitrogens is 1. The van der Waals surface area contributed by atoms with E-state index in [1.165, 1.54) is 0 Å². The number of nitrogens with zero attached hydrogens (tertiary/aromatic N) is 1. The van der Waals surface area contributed by atoms with Gasteiger partial charge < -0.3 is 15.4 Å². The molecule has 0 bridgehead atoms. The summed E-state index contributed by atoms with van der Waals surface area (Å²) in [6.07, 6.45) is -0.0497. The largest absolute Gasteiger partial charge is 0.480 e. The summed E-state index contributed by atoms with van der Waals surface area (Å²) >= 11 is 1.58. The predicted octanol–water partition coefficient (Wildman–Crippen LogP) is 4.80. The maximum atomic E-state index is 12.7. The fraction of sp³-hybridized carbons (Fsp3) is 0.125. The minimum absolute atomic E-state index is 0.236. The van der Waals surface area contributed by atoms with Gasteiger partial charge in [0.2, 0.25) is 0 Å². The van der Waals surface area contributed by atoms with E-state index >= 15 is 0 Å². The lowest BCUT2D eigenvalue weighted by Crippen LogP contribution is -2.31. The summed E-state index contributed by atoms with van der Waals surface area (Å²) in [5.41, 5.74) is 3.64. The number of carbonyl (C=O) groups excluding carboxylic acids is 2. The number of aryl methyl sites for hydroxylation is 1. The summed E-state index contributed by atoms with van der Waals surface area (Å²) in [5, 5.41) is 6.75. The molecule has 7 heteroatoms. The van der Waals surface area contributed by atoms with Crippen molar-refractivity contribution in [3.05, 3.63) is 82.9 Å². The summed E-state index contributed by atoms with van der Waals surface area (Å²) in [6, 6.07) is 20.1. The van der Waals surface area contributed by atoms with Gasteiger partial charge in [0.1, 0.15) is 5.75 Å². The van der Waals surface area contributed by atoms with Gasteiger partial charge in [-0.15, -0.1) is 11.3 Å². The van der Waals surface area contributed by atoms with Gasteiger partial charge in [0, 0.05) is 23.4 Å². The summed E-state index contributed by atoms with van der Waals surface area (Å²) in [5.74, 6) is 0.255. The zero-order valence-corrected chi connectivity index (χ0v) is 17.5. The molecule has 4 aromatic rings. The van der Waals surface area contributed by atoms with Gasteiger partial charge in [-0.25, -0.2) is 4.98 Å². The van der Waals surface area contributed by atoms with Crippen LogP contribution in [0.5, 0.6) is 5.75 Å². The van der Waals surface area contributed by atoms with E-state index < -0.39 is 6.10 Å². The Labute approximate surface area is 182 Å². The molecular formula is C24H19N3O3S. The van der Waals surface area contributed by atoms with Gasteiger partial charge in [0.15, 0.2) is 6.10 Å². The van der Waals surface area contributed by atoms with E-state index in [4.69, 9.17) is 4.74 Å². The molecule has 0 spiro atoms. The lowest BCUT2D eigenvalue weighted by atomic mass is 10.1. The van der Waals surface area contributed by atoms with Crippen molar-refractivity contribution in [3.8, 4) is 5.75 Å². The number of anilines is 2. The van der Waals surface area contributed by atoms with Crippen LogP contribution in [-0.2, 0) is 11.2 Å². The number of hydrogen-bond donors (Lipinski definition) is 2. The first-order valence-electron chi connectivity index (χ1n) is 9.89. The van der Waals surface area contributed by atoms with E-state index in [0.717, 1.165) is 26.5 Å². The van der Waals surface area contributed by atoms with Crippen LogP contribution >= 0.6 is 11.3 Å². The van der Waals surface area contributed by atoms with Crippen molar-refractivity contribution < 1.29 is 14.3 Å². The summed E-state index contributed by atoms with van der Waals surface area (Å²) < 4.78 is 6.76. The van der Waals surface area contributed by atoms with Crippen LogP contribution in [0.25, 0.3) is 10.2 Å². The Morgan fingerprint density at radius 3 is 2.71 bits per heavy atom. The smallest absolute Gasteiger partial charge is 0.265 e. The molecule has 154 valence electrons. The lowest BCUT2D eigenvalue weighted by Gasteiger charge is -2.12. The van der Waals surface area contributed by atoms with Crippen molar-refractivity contribution in [2.24, 2.45) is 0 Å². The number of rotatable bonds is 4.